The fraction of sp³-hybridized carbons (Fsp3) is 0.529. The van der Waals surface area contributed by atoms with Gasteiger partial charge in [0.1, 0.15) is 5.75 Å². The molecule has 2 atom stereocenters. The fourth-order valence-electron chi connectivity index (χ4n) is 2.94. The Labute approximate surface area is 153 Å². The van der Waals surface area contributed by atoms with Crippen LogP contribution in [0.4, 0.5) is 8.78 Å². The van der Waals surface area contributed by atoms with Gasteiger partial charge in [0.05, 0.1) is 11.1 Å². The lowest BCUT2D eigenvalue weighted by molar-refractivity contribution is 0.0647. The van der Waals surface area contributed by atoms with Crippen molar-refractivity contribution in [2.24, 2.45) is 0 Å². The van der Waals surface area contributed by atoms with Gasteiger partial charge in [0, 0.05) is 13.0 Å². The molecule has 0 fully saturated rings. The molecule has 0 saturated heterocycles. The molecule has 2 amide bonds. The van der Waals surface area contributed by atoms with E-state index in [9.17, 15) is 22.9 Å². The second kappa shape index (κ2) is 8.51. The number of benzene rings is 1. The third-order valence-electron chi connectivity index (χ3n) is 4.15. The Morgan fingerprint density at radius 2 is 1.76 bits per heavy atom. The van der Waals surface area contributed by atoms with E-state index >= 15 is 0 Å². The molecule has 2 unspecified atom stereocenters. The van der Waals surface area contributed by atoms with E-state index in [1.54, 1.807) is 38.1 Å². The Morgan fingerprint density at radius 3 is 2.20 bits per heavy atom. The molecular weight excluding hydrogens is 368 g/mol. The van der Waals surface area contributed by atoms with Crippen molar-refractivity contribution in [3.05, 3.63) is 35.4 Å². The third-order valence-corrected chi connectivity index (χ3v) is 7.90. The van der Waals surface area contributed by atoms with E-state index < -0.39 is 33.5 Å². The number of hydrogen-bond acceptors (Lipinski definition) is 4. The second-order valence-electron chi connectivity index (χ2n) is 5.59. The Hall–Kier alpha value is -1.12. The summed E-state index contributed by atoms with van der Waals surface area (Å²) in [7, 11) is 0. The molecule has 0 spiro atoms. The normalized spacial score (nSPS) is 17.8. The molecule has 138 valence electrons. The highest BCUT2D eigenvalue weighted by Crippen LogP contribution is 2.42. The lowest BCUT2D eigenvalue weighted by atomic mass is 10.1. The summed E-state index contributed by atoms with van der Waals surface area (Å²) in [4.78, 5) is 25.7. The number of alkyl halides is 2. The lowest BCUT2D eigenvalue weighted by Crippen LogP contribution is -2.44. The van der Waals surface area contributed by atoms with Gasteiger partial charge in [-0.25, -0.2) is 8.78 Å². The number of nitrogens with zero attached hydrogens (tertiary/aromatic N) is 1. The van der Waals surface area contributed by atoms with Gasteiger partial charge in [-0.3, -0.25) is 14.5 Å². The molecule has 4 nitrogen and oxygen atoms in total. The van der Waals surface area contributed by atoms with Crippen LogP contribution in [-0.2, 0) is 11.2 Å². The van der Waals surface area contributed by atoms with Crippen LogP contribution in [0.15, 0.2) is 24.3 Å². The molecule has 0 aliphatic carbocycles. The first-order valence-electron chi connectivity index (χ1n) is 8.14. The zero-order chi connectivity index (χ0) is 18.6. The molecule has 1 aromatic carbocycles. The molecule has 0 N–H and O–H groups in total. The SMILES string of the molecule is CCSC(CCCN1C(=O)c2ccccc2C1=O)(C(F)F)[S+]([O-])CC. The average molecular weight is 389 g/mol. The first kappa shape index (κ1) is 20.2. The highest BCUT2D eigenvalue weighted by atomic mass is 32.3. The number of imide groups is 1. The summed E-state index contributed by atoms with van der Waals surface area (Å²) < 4.78 is 38.0. The van der Waals surface area contributed by atoms with Crippen LogP contribution < -0.4 is 0 Å². The van der Waals surface area contributed by atoms with Gasteiger partial charge in [0.25, 0.3) is 18.2 Å². The third kappa shape index (κ3) is 3.85. The first-order valence-corrected chi connectivity index (χ1v) is 10.4. The van der Waals surface area contributed by atoms with Crippen LogP contribution in [0.1, 0.15) is 47.4 Å². The van der Waals surface area contributed by atoms with Gasteiger partial charge in [-0.1, -0.05) is 30.8 Å². The highest BCUT2D eigenvalue weighted by molar-refractivity contribution is 8.14. The summed E-state index contributed by atoms with van der Waals surface area (Å²) in [5.41, 5.74) is 0.681. The van der Waals surface area contributed by atoms with Crippen molar-refractivity contribution in [3.63, 3.8) is 0 Å². The van der Waals surface area contributed by atoms with Gasteiger partial charge in [-0.05, 0) is 42.4 Å². The van der Waals surface area contributed by atoms with Crippen LogP contribution in [0.2, 0.25) is 0 Å². The number of thioether (sulfide) groups is 1. The molecule has 1 aliphatic rings. The minimum atomic E-state index is -2.74. The first-order chi connectivity index (χ1) is 11.9. The smallest absolute Gasteiger partial charge is 0.297 e. The van der Waals surface area contributed by atoms with Crippen molar-refractivity contribution >= 4 is 34.8 Å². The van der Waals surface area contributed by atoms with E-state index in [0.717, 1.165) is 16.7 Å². The van der Waals surface area contributed by atoms with E-state index in [1.807, 2.05) is 0 Å². The standard InChI is InChI=1S/C17H21F2NO3S2/c1-3-24-17(16(18)19,25(23)4-2)10-7-11-20-14(21)12-8-5-6-9-13(12)15(20)22/h5-6,8-9,16H,3-4,7,10-11H2,1-2H3. The monoisotopic (exact) mass is 389 g/mol. The predicted molar refractivity (Wildman–Crippen MR) is 96.6 cm³/mol. The van der Waals surface area contributed by atoms with E-state index in [2.05, 4.69) is 0 Å². The number of amides is 2. The van der Waals surface area contributed by atoms with Crippen molar-refractivity contribution in [2.45, 2.75) is 37.2 Å². The average Bonchev–Trinajstić information content (AvgIpc) is 2.85. The summed E-state index contributed by atoms with van der Waals surface area (Å²) in [6.07, 6.45) is -2.56. The lowest BCUT2D eigenvalue weighted by Gasteiger charge is -2.34. The van der Waals surface area contributed by atoms with Crippen molar-refractivity contribution in [1.82, 2.24) is 4.90 Å². The summed E-state index contributed by atoms with van der Waals surface area (Å²) in [5.74, 6) is -0.237. The van der Waals surface area contributed by atoms with Gasteiger partial charge in [-0.15, -0.1) is 0 Å². The molecular formula is C17H21F2NO3S2. The predicted octanol–water partition coefficient (Wildman–Crippen LogP) is 3.55. The summed E-state index contributed by atoms with van der Waals surface area (Å²) >= 11 is -0.692. The number of carbonyl (C=O) groups excluding carboxylic acids is 2. The summed E-state index contributed by atoms with van der Waals surface area (Å²) in [6, 6.07) is 6.52. The van der Waals surface area contributed by atoms with E-state index in [0.29, 0.717) is 16.9 Å². The van der Waals surface area contributed by atoms with E-state index in [4.69, 9.17) is 0 Å². The largest absolute Gasteiger partial charge is 0.615 e. The number of hydrogen-bond donors (Lipinski definition) is 0. The molecule has 0 saturated carbocycles. The maximum absolute atomic E-state index is 13.7. The second-order valence-corrected chi connectivity index (χ2v) is 9.44. The summed E-state index contributed by atoms with van der Waals surface area (Å²) in [6.45, 7) is 3.42. The minimum Gasteiger partial charge on any atom is -0.615 e. The topological polar surface area (TPSA) is 60.4 Å². The van der Waals surface area contributed by atoms with Gasteiger partial charge < -0.3 is 4.55 Å². The van der Waals surface area contributed by atoms with Crippen LogP contribution in [0.3, 0.4) is 0 Å². The van der Waals surface area contributed by atoms with Crippen LogP contribution in [0, 0.1) is 0 Å². The number of fused-ring (bicyclic) bond motifs is 1. The number of rotatable bonds is 9. The van der Waals surface area contributed by atoms with Crippen molar-refractivity contribution in [3.8, 4) is 0 Å². The fourth-order valence-corrected chi connectivity index (χ4v) is 6.13. The molecule has 2 rings (SSSR count). The quantitative estimate of drug-likeness (QED) is 0.479. The zero-order valence-corrected chi connectivity index (χ0v) is 15.8. The van der Waals surface area contributed by atoms with Crippen molar-refractivity contribution in [2.75, 3.05) is 18.1 Å². The highest BCUT2D eigenvalue weighted by Gasteiger charge is 2.50. The van der Waals surface area contributed by atoms with Gasteiger partial charge in [0.2, 0.25) is 4.08 Å². The molecule has 0 aromatic heterocycles. The van der Waals surface area contributed by atoms with Gasteiger partial charge in [0.15, 0.2) is 0 Å². The molecule has 0 radical (unpaired) electrons. The van der Waals surface area contributed by atoms with Crippen LogP contribution in [0.25, 0.3) is 0 Å². The van der Waals surface area contributed by atoms with Gasteiger partial charge >= 0.3 is 0 Å². The molecule has 1 aromatic rings. The Bertz CT molecular complexity index is 609. The van der Waals surface area contributed by atoms with Crippen LogP contribution >= 0.6 is 11.8 Å². The number of halogens is 2. The van der Waals surface area contributed by atoms with Crippen molar-refractivity contribution < 1.29 is 22.9 Å². The number of carbonyl (C=O) groups is 2. The molecule has 8 heteroatoms. The Kier molecular flexibility index (Phi) is 6.87. The van der Waals surface area contributed by atoms with Gasteiger partial charge in [-0.2, -0.15) is 0 Å². The van der Waals surface area contributed by atoms with Crippen LogP contribution in [0.5, 0.6) is 0 Å². The van der Waals surface area contributed by atoms with Crippen LogP contribution in [-0.4, -0.2) is 49.8 Å². The maximum Gasteiger partial charge on any atom is 0.297 e. The molecule has 0 bridgehead atoms. The Morgan fingerprint density at radius 1 is 1.20 bits per heavy atom. The molecule has 25 heavy (non-hydrogen) atoms. The zero-order valence-electron chi connectivity index (χ0n) is 14.2. The van der Waals surface area contributed by atoms with E-state index in [-0.39, 0.29) is 25.1 Å². The molecule has 1 heterocycles. The van der Waals surface area contributed by atoms with Crippen molar-refractivity contribution in [1.29, 1.82) is 0 Å². The van der Waals surface area contributed by atoms with E-state index in [1.165, 1.54) is 0 Å². The Balaban J connectivity index is 2.08. The summed E-state index contributed by atoms with van der Waals surface area (Å²) in [5, 5.41) is 0. The maximum atomic E-state index is 13.7. The minimum absolute atomic E-state index is 0.0168. The molecule has 1 aliphatic heterocycles.